The van der Waals surface area contributed by atoms with Crippen LogP contribution in [-0.2, 0) is 29.4 Å². The van der Waals surface area contributed by atoms with Crippen LogP contribution >= 0.6 is 12.4 Å². The molecule has 2 aromatic rings. The summed E-state index contributed by atoms with van der Waals surface area (Å²) in [7, 11) is -0.555. The lowest BCUT2D eigenvalue weighted by atomic mass is 9.89. The number of rotatable bonds is 11. The minimum Gasteiger partial charge on any atom is -0.493 e. The van der Waals surface area contributed by atoms with Crippen LogP contribution in [0.3, 0.4) is 0 Å². The first kappa shape index (κ1) is 32.0. The second-order valence-electron chi connectivity index (χ2n) is 9.49. The van der Waals surface area contributed by atoms with Crippen LogP contribution in [-0.4, -0.2) is 63.9 Å². The van der Waals surface area contributed by atoms with Gasteiger partial charge in [0.15, 0.2) is 11.5 Å². The Hall–Kier alpha value is -2.21. The van der Waals surface area contributed by atoms with Gasteiger partial charge in [0.1, 0.15) is 5.75 Å². The molecule has 0 aliphatic heterocycles. The molecule has 2 aromatic carbocycles. The van der Waals surface area contributed by atoms with Gasteiger partial charge < -0.3 is 23.7 Å². The van der Waals surface area contributed by atoms with Crippen molar-refractivity contribution in [1.82, 2.24) is 4.90 Å². The Morgan fingerprint density at radius 1 is 1.00 bits per heavy atom. The number of fused-ring (bicyclic) bond motifs is 1. The van der Waals surface area contributed by atoms with E-state index in [2.05, 4.69) is 9.08 Å². The highest BCUT2D eigenvalue weighted by atomic mass is 35.5. The van der Waals surface area contributed by atoms with Crippen LogP contribution in [0.15, 0.2) is 36.4 Å². The van der Waals surface area contributed by atoms with Crippen molar-refractivity contribution in [3.8, 4) is 17.2 Å². The van der Waals surface area contributed by atoms with E-state index in [1.54, 1.807) is 20.3 Å². The first-order valence-electron chi connectivity index (χ1n) is 12.1. The zero-order valence-electron chi connectivity index (χ0n) is 21.7. The summed E-state index contributed by atoms with van der Waals surface area (Å²) in [6.45, 7) is 1.34. The number of hydrogen-bond donors (Lipinski definition) is 1. The van der Waals surface area contributed by atoms with Crippen LogP contribution in [0, 0.1) is 0 Å². The molecule has 0 atom stereocenters. The van der Waals surface area contributed by atoms with Gasteiger partial charge in [-0.05, 0) is 99.5 Å². The highest BCUT2D eigenvalue weighted by Gasteiger charge is 2.48. The zero-order valence-corrected chi connectivity index (χ0v) is 23.3. The summed E-state index contributed by atoms with van der Waals surface area (Å²) in [5, 5.41) is 11.3. The van der Waals surface area contributed by atoms with Crippen molar-refractivity contribution in [2.45, 2.75) is 56.1 Å². The molecule has 0 heterocycles. The van der Waals surface area contributed by atoms with Gasteiger partial charge >= 0.3 is 15.6 Å². The minimum absolute atomic E-state index is 0. The summed E-state index contributed by atoms with van der Waals surface area (Å²) >= 11 is 0. The van der Waals surface area contributed by atoms with Crippen molar-refractivity contribution in [3.05, 3.63) is 53.1 Å². The Bertz CT molecular complexity index is 1140. The third kappa shape index (κ3) is 8.39. The van der Waals surface area contributed by atoms with E-state index in [4.69, 9.17) is 9.47 Å². The summed E-state index contributed by atoms with van der Waals surface area (Å²) in [6, 6.07) is 9.62. The van der Waals surface area contributed by atoms with Crippen molar-refractivity contribution in [2.75, 3.05) is 34.4 Å². The van der Waals surface area contributed by atoms with E-state index in [9.17, 15) is 26.7 Å². The number of likely N-dealkylation sites (N-methyl/N-ethyl adjacent to an activating group) is 1. The average molecular weight is 582 g/mol. The SMILES string of the molecule is COc1cc2c(cc1OC)CCC(O)(CCCN(C)CCc1cccc(OS(=O)(=O)C(F)(F)F)c1)CC2.Cl. The van der Waals surface area contributed by atoms with Crippen LogP contribution < -0.4 is 13.7 Å². The smallest absolute Gasteiger partial charge is 0.493 e. The number of methoxy groups -OCH3 is 2. The predicted molar refractivity (Wildman–Crippen MR) is 141 cm³/mol. The maximum atomic E-state index is 12.6. The molecular weight excluding hydrogens is 547 g/mol. The Labute approximate surface area is 228 Å². The third-order valence-corrected chi connectivity index (χ3v) is 7.76. The van der Waals surface area contributed by atoms with Gasteiger partial charge in [-0.1, -0.05) is 12.1 Å². The molecule has 3 rings (SSSR count). The van der Waals surface area contributed by atoms with Gasteiger partial charge in [-0.2, -0.15) is 21.6 Å². The second-order valence-corrected chi connectivity index (χ2v) is 11.0. The summed E-state index contributed by atoms with van der Waals surface area (Å²) in [6.07, 6.45) is 4.76. The summed E-state index contributed by atoms with van der Waals surface area (Å²) in [5.41, 5.74) is -3.25. The molecule has 0 radical (unpaired) electrons. The molecule has 1 N–H and O–H groups in total. The van der Waals surface area contributed by atoms with E-state index in [1.807, 2.05) is 19.2 Å². The quantitative estimate of drug-likeness (QED) is 0.229. The largest absolute Gasteiger partial charge is 0.534 e. The second kappa shape index (κ2) is 13.2. The van der Waals surface area contributed by atoms with E-state index in [0.29, 0.717) is 49.3 Å². The number of aryl methyl sites for hydroxylation is 2. The van der Waals surface area contributed by atoms with Crippen molar-refractivity contribution < 1.29 is 40.4 Å². The Balaban J connectivity index is 0.00000507. The van der Waals surface area contributed by atoms with Gasteiger partial charge in [0.25, 0.3) is 0 Å². The molecule has 0 amide bonds. The van der Waals surface area contributed by atoms with Crippen LogP contribution in [0.2, 0.25) is 0 Å². The van der Waals surface area contributed by atoms with Gasteiger partial charge in [0, 0.05) is 6.54 Å². The Kier molecular flexibility index (Phi) is 11.1. The van der Waals surface area contributed by atoms with Gasteiger partial charge in [-0.3, -0.25) is 0 Å². The van der Waals surface area contributed by atoms with Crippen LogP contribution in [0.5, 0.6) is 17.2 Å². The predicted octanol–water partition coefficient (Wildman–Crippen LogP) is 4.92. The van der Waals surface area contributed by atoms with Gasteiger partial charge in [0.2, 0.25) is 0 Å². The summed E-state index contributed by atoms with van der Waals surface area (Å²) < 4.78 is 75.2. The van der Waals surface area contributed by atoms with E-state index in [0.717, 1.165) is 25.8 Å². The molecule has 0 fully saturated rings. The van der Waals surface area contributed by atoms with Crippen molar-refractivity contribution >= 4 is 22.5 Å². The molecule has 0 saturated heterocycles. The molecule has 0 aromatic heterocycles. The minimum atomic E-state index is -5.70. The van der Waals surface area contributed by atoms with Crippen molar-refractivity contribution in [1.29, 1.82) is 0 Å². The number of alkyl halides is 3. The monoisotopic (exact) mass is 581 g/mol. The topological polar surface area (TPSA) is 85.3 Å². The molecule has 12 heteroatoms. The molecule has 38 heavy (non-hydrogen) atoms. The first-order valence-corrected chi connectivity index (χ1v) is 13.5. The molecule has 0 unspecified atom stereocenters. The Morgan fingerprint density at radius 2 is 1.58 bits per heavy atom. The molecule has 0 spiro atoms. The molecule has 1 aliphatic rings. The zero-order chi connectivity index (χ0) is 27.3. The average Bonchev–Trinajstić information content (AvgIpc) is 3.00. The van der Waals surface area contributed by atoms with E-state index < -0.39 is 21.2 Å². The number of aliphatic hydroxyl groups is 1. The van der Waals surface area contributed by atoms with Crippen molar-refractivity contribution in [2.24, 2.45) is 0 Å². The molecular formula is C26H35ClF3NO6S. The van der Waals surface area contributed by atoms with Gasteiger partial charge in [0.05, 0.1) is 19.8 Å². The van der Waals surface area contributed by atoms with Crippen molar-refractivity contribution in [3.63, 3.8) is 0 Å². The van der Waals surface area contributed by atoms with E-state index >= 15 is 0 Å². The molecule has 214 valence electrons. The highest BCUT2D eigenvalue weighted by Crippen LogP contribution is 2.37. The fraction of sp³-hybridized carbons (Fsp3) is 0.538. The molecule has 0 saturated carbocycles. The maximum absolute atomic E-state index is 12.6. The van der Waals surface area contributed by atoms with Crippen LogP contribution in [0.4, 0.5) is 13.2 Å². The van der Waals surface area contributed by atoms with E-state index in [1.165, 1.54) is 29.3 Å². The Morgan fingerprint density at radius 3 is 2.11 bits per heavy atom. The first-order chi connectivity index (χ1) is 17.4. The number of benzene rings is 2. The highest BCUT2D eigenvalue weighted by molar-refractivity contribution is 7.88. The van der Waals surface area contributed by atoms with E-state index in [-0.39, 0.29) is 18.2 Å². The molecule has 7 nitrogen and oxygen atoms in total. The molecule has 0 bridgehead atoms. The number of ether oxygens (including phenoxy) is 2. The lowest BCUT2D eigenvalue weighted by Gasteiger charge is -2.27. The van der Waals surface area contributed by atoms with Crippen LogP contribution in [0.1, 0.15) is 42.4 Å². The molecule has 1 aliphatic carbocycles. The van der Waals surface area contributed by atoms with Gasteiger partial charge in [-0.25, -0.2) is 0 Å². The van der Waals surface area contributed by atoms with Gasteiger partial charge in [-0.15, -0.1) is 12.4 Å². The maximum Gasteiger partial charge on any atom is 0.534 e. The number of halogens is 4. The summed E-state index contributed by atoms with van der Waals surface area (Å²) in [4.78, 5) is 2.07. The third-order valence-electron chi connectivity index (χ3n) is 6.78. The normalized spacial score (nSPS) is 15.3. The summed E-state index contributed by atoms with van der Waals surface area (Å²) in [5.74, 6) is 1.00. The fourth-order valence-corrected chi connectivity index (χ4v) is 5.03. The number of nitrogens with zero attached hydrogens (tertiary/aromatic N) is 1. The fourth-order valence-electron chi connectivity index (χ4n) is 4.57. The lowest BCUT2D eigenvalue weighted by Crippen LogP contribution is -2.31. The number of hydrogen-bond acceptors (Lipinski definition) is 7. The van der Waals surface area contributed by atoms with Crippen LogP contribution in [0.25, 0.3) is 0 Å². The standard InChI is InChI=1S/C26H34F3NO6S.ClH/c1-30(15-10-19-6-4-7-22(16-19)36-37(32,33)26(27,28)29)14-5-11-25(31)12-8-20-17-23(34-2)24(35-3)18-21(20)9-13-25;/h4,6-7,16-18,31H,5,8-15H2,1-3H3;1H. The lowest BCUT2D eigenvalue weighted by molar-refractivity contribution is -0.0500.